The molecule has 1 atom stereocenters. The zero-order valence-electron chi connectivity index (χ0n) is 9.73. The van der Waals surface area contributed by atoms with Crippen LogP contribution < -0.4 is 5.32 Å². The van der Waals surface area contributed by atoms with Crippen LogP contribution in [0.2, 0.25) is 0 Å². The van der Waals surface area contributed by atoms with Gasteiger partial charge in [-0.15, -0.1) is 0 Å². The van der Waals surface area contributed by atoms with E-state index in [0.29, 0.717) is 6.04 Å². The molecule has 15 heavy (non-hydrogen) atoms. The third kappa shape index (κ3) is 4.90. The Morgan fingerprint density at radius 1 is 1.60 bits per heavy atom. The molecule has 0 radical (unpaired) electrons. The number of ether oxygens (including phenoxy) is 1. The highest BCUT2D eigenvalue weighted by Gasteiger charge is 2.02. The fourth-order valence-electron chi connectivity index (χ4n) is 1.28. The summed E-state index contributed by atoms with van der Waals surface area (Å²) in [6.07, 6.45) is 2.58. The number of hydrogen-bond donors (Lipinski definition) is 1. The van der Waals surface area contributed by atoms with Crippen molar-refractivity contribution in [1.82, 2.24) is 20.1 Å². The molecule has 86 valence electrons. The molecule has 0 saturated heterocycles. The van der Waals surface area contributed by atoms with E-state index in [0.717, 1.165) is 32.0 Å². The SMILES string of the molecule is CCOCC(C)NCCc1ncn(C)n1. The predicted molar refractivity (Wildman–Crippen MR) is 58.7 cm³/mol. The number of rotatable bonds is 7. The predicted octanol–water partition coefficient (Wildman–Crippen LogP) is 0.372. The maximum absolute atomic E-state index is 5.30. The molecule has 5 heteroatoms. The molecule has 0 saturated carbocycles. The van der Waals surface area contributed by atoms with Crippen LogP contribution in [0.15, 0.2) is 6.33 Å². The van der Waals surface area contributed by atoms with Crippen molar-refractivity contribution < 1.29 is 4.74 Å². The van der Waals surface area contributed by atoms with Gasteiger partial charge in [-0.3, -0.25) is 4.68 Å². The van der Waals surface area contributed by atoms with E-state index < -0.39 is 0 Å². The van der Waals surface area contributed by atoms with Gasteiger partial charge >= 0.3 is 0 Å². The largest absolute Gasteiger partial charge is 0.380 e. The summed E-state index contributed by atoms with van der Waals surface area (Å²) in [5.41, 5.74) is 0. The summed E-state index contributed by atoms with van der Waals surface area (Å²) in [4.78, 5) is 4.16. The van der Waals surface area contributed by atoms with Crippen LogP contribution in [0.25, 0.3) is 0 Å². The van der Waals surface area contributed by atoms with Crippen LogP contribution in [-0.2, 0) is 18.2 Å². The van der Waals surface area contributed by atoms with Gasteiger partial charge < -0.3 is 10.1 Å². The Kier molecular flexibility index (Phi) is 5.28. The molecule has 0 spiro atoms. The van der Waals surface area contributed by atoms with Crippen molar-refractivity contribution in [3.8, 4) is 0 Å². The van der Waals surface area contributed by atoms with E-state index in [4.69, 9.17) is 4.74 Å². The third-order valence-electron chi connectivity index (χ3n) is 2.06. The summed E-state index contributed by atoms with van der Waals surface area (Å²) in [7, 11) is 1.88. The van der Waals surface area contributed by atoms with Crippen LogP contribution in [0.1, 0.15) is 19.7 Å². The van der Waals surface area contributed by atoms with E-state index >= 15 is 0 Å². The smallest absolute Gasteiger partial charge is 0.151 e. The summed E-state index contributed by atoms with van der Waals surface area (Å²) in [6.45, 7) is 6.53. The molecule has 5 nitrogen and oxygen atoms in total. The van der Waals surface area contributed by atoms with Gasteiger partial charge in [0.15, 0.2) is 5.82 Å². The number of nitrogens with one attached hydrogen (secondary N) is 1. The normalized spacial score (nSPS) is 13.0. The summed E-state index contributed by atoms with van der Waals surface area (Å²) in [5.74, 6) is 0.883. The van der Waals surface area contributed by atoms with Crippen LogP contribution in [0.5, 0.6) is 0 Å². The van der Waals surface area contributed by atoms with Crippen LogP contribution in [0.4, 0.5) is 0 Å². The first kappa shape index (κ1) is 12.1. The van der Waals surface area contributed by atoms with Crippen molar-refractivity contribution in [2.75, 3.05) is 19.8 Å². The fraction of sp³-hybridized carbons (Fsp3) is 0.800. The number of nitrogens with zero attached hydrogens (tertiary/aromatic N) is 3. The molecular formula is C10H20N4O. The Labute approximate surface area is 90.8 Å². The zero-order chi connectivity index (χ0) is 11.1. The molecule has 0 aliphatic heterocycles. The van der Waals surface area contributed by atoms with E-state index in [9.17, 15) is 0 Å². The molecule has 1 unspecified atom stereocenters. The van der Waals surface area contributed by atoms with Gasteiger partial charge in [0, 0.05) is 32.7 Å². The topological polar surface area (TPSA) is 52.0 Å². The van der Waals surface area contributed by atoms with E-state index in [1.807, 2.05) is 14.0 Å². The van der Waals surface area contributed by atoms with E-state index in [1.54, 1.807) is 11.0 Å². The van der Waals surface area contributed by atoms with Crippen molar-refractivity contribution in [2.24, 2.45) is 7.05 Å². The first-order valence-electron chi connectivity index (χ1n) is 5.38. The minimum Gasteiger partial charge on any atom is -0.380 e. The van der Waals surface area contributed by atoms with Crippen LogP contribution in [0.3, 0.4) is 0 Å². The zero-order valence-corrected chi connectivity index (χ0v) is 9.73. The van der Waals surface area contributed by atoms with Gasteiger partial charge in [-0.1, -0.05) is 0 Å². The summed E-state index contributed by atoms with van der Waals surface area (Å²) < 4.78 is 7.03. The first-order valence-corrected chi connectivity index (χ1v) is 5.38. The van der Waals surface area contributed by atoms with E-state index in [-0.39, 0.29) is 0 Å². The standard InChI is InChI=1S/C10H20N4O/c1-4-15-7-9(2)11-6-5-10-12-8-14(3)13-10/h8-9,11H,4-7H2,1-3H3. The van der Waals surface area contributed by atoms with Crippen molar-refractivity contribution in [3.05, 3.63) is 12.2 Å². The molecule has 0 bridgehead atoms. The highest BCUT2D eigenvalue weighted by molar-refractivity contribution is 4.82. The summed E-state index contributed by atoms with van der Waals surface area (Å²) in [6, 6.07) is 0.383. The number of hydrogen-bond acceptors (Lipinski definition) is 4. The molecule has 1 N–H and O–H groups in total. The Bertz CT molecular complexity index is 274. The van der Waals surface area contributed by atoms with Crippen molar-refractivity contribution in [3.63, 3.8) is 0 Å². The van der Waals surface area contributed by atoms with Crippen LogP contribution in [0, 0.1) is 0 Å². The minimum absolute atomic E-state index is 0.383. The Balaban J connectivity index is 2.10. The third-order valence-corrected chi connectivity index (χ3v) is 2.06. The summed E-state index contributed by atoms with van der Waals surface area (Å²) in [5, 5.41) is 7.56. The monoisotopic (exact) mass is 212 g/mol. The van der Waals surface area contributed by atoms with Gasteiger partial charge in [0.05, 0.1) is 6.61 Å². The highest BCUT2D eigenvalue weighted by Crippen LogP contribution is 1.90. The van der Waals surface area contributed by atoms with Gasteiger partial charge in [-0.25, -0.2) is 4.98 Å². The van der Waals surface area contributed by atoms with E-state index in [2.05, 4.69) is 22.3 Å². The second-order valence-corrected chi connectivity index (χ2v) is 3.60. The molecule has 1 heterocycles. The first-order chi connectivity index (χ1) is 7.22. The van der Waals surface area contributed by atoms with Crippen molar-refractivity contribution in [1.29, 1.82) is 0 Å². The van der Waals surface area contributed by atoms with Crippen LogP contribution >= 0.6 is 0 Å². The quantitative estimate of drug-likeness (QED) is 0.709. The highest BCUT2D eigenvalue weighted by atomic mass is 16.5. The molecule has 0 aromatic carbocycles. The van der Waals surface area contributed by atoms with Crippen molar-refractivity contribution in [2.45, 2.75) is 26.3 Å². The maximum atomic E-state index is 5.30. The average Bonchev–Trinajstić information content (AvgIpc) is 2.61. The number of aromatic nitrogens is 3. The lowest BCUT2D eigenvalue weighted by molar-refractivity contribution is 0.127. The van der Waals surface area contributed by atoms with Gasteiger partial charge in [-0.2, -0.15) is 5.10 Å². The second-order valence-electron chi connectivity index (χ2n) is 3.60. The number of aryl methyl sites for hydroxylation is 1. The van der Waals surface area contributed by atoms with Crippen molar-refractivity contribution >= 4 is 0 Å². The molecule has 0 aliphatic carbocycles. The van der Waals surface area contributed by atoms with Crippen LogP contribution in [-0.4, -0.2) is 40.6 Å². The fourth-order valence-corrected chi connectivity index (χ4v) is 1.28. The van der Waals surface area contributed by atoms with Gasteiger partial charge in [0.2, 0.25) is 0 Å². The second kappa shape index (κ2) is 6.53. The molecule has 0 aliphatic rings. The minimum atomic E-state index is 0.383. The van der Waals surface area contributed by atoms with Gasteiger partial charge in [0.25, 0.3) is 0 Å². The Morgan fingerprint density at radius 3 is 3.00 bits per heavy atom. The summed E-state index contributed by atoms with van der Waals surface area (Å²) >= 11 is 0. The maximum Gasteiger partial charge on any atom is 0.151 e. The Hall–Kier alpha value is -0.940. The molecule has 0 amide bonds. The lowest BCUT2D eigenvalue weighted by Gasteiger charge is -2.12. The van der Waals surface area contributed by atoms with E-state index in [1.165, 1.54) is 0 Å². The van der Waals surface area contributed by atoms with Gasteiger partial charge in [-0.05, 0) is 13.8 Å². The lowest BCUT2D eigenvalue weighted by atomic mass is 10.3. The Morgan fingerprint density at radius 2 is 2.40 bits per heavy atom. The lowest BCUT2D eigenvalue weighted by Crippen LogP contribution is -2.32. The molecule has 1 aromatic heterocycles. The van der Waals surface area contributed by atoms with Gasteiger partial charge in [0.1, 0.15) is 6.33 Å². The average molecular weight is 212 g/mol. The molecule has 1 rings (SSSR count). The molecule has 0 fully saturated rings. The molecular weight excluding hydrogens is 192 g/mol. The molecule has 1 aromatic rings.